The Bertz CT molecular complexity index is 473. The molecule has 0 atom stereocenters. The van der Waals surface area contributed by atoms with Crippen molar-refractivity contribution in [1.82, 2.24) is 0 Å². The Kier molecular flexibility index (Phi) is 3.64. The minimum atomic E-state index is -0.0934. The van der Waals surface area contributed by atoms with Gasteiger partial charge in [0.05, 0.1) is 10.5 Å². The summed E-state index contributed by atoms with van der Waals surface area (Å²) in [5.41, 5.74) is 0.268. The Labute approximate surface area is 104 Å². The molecular weight excluding hydrogens is 236 g/mol. The highest BCUT2D eigenvalue weighted by Crippen LogP contribution is 2.30. The fraction of sp³-hybridized carbons (Fsp3) is 0.231. The molecule has 1 aromatic rings. The molecular formula is C13H12O3S. The summed E-state index contributed by atoms with van der Waals surface area (Å²) in [6, 6.07) is 6.84. The third-order valence-corrected chi connectivity index (χ3v) is 3.53. The number of rotatable bonds is 2. The van der Waals surface area contributed by atoms with Gasteiger partial charge < -0.3 is 5.11 Å². The van der Waals surface area contributed by atoms with Crippen molar-refractivity contribution in [3.05, 3.63) is 35.2 Å². The fourth-order valence-corrected chi connectivity index (χ4v) is 2.50. The number of Topliss-reactive ketones (excluding diaryl/α,β-unsaturated/α-hetero) is 2. The van der Waals surface area contributed by atoms with E-state index in [2.05, 4.69) is 0 Å². The van der Waals surface area contributed by atoms with Crippen LogP contribution >= 0.6 is 11.8 Å². The largest absolute Gasteiger partial charge is 0.507 e. The molecule has 88 valence electrons. The van der Waals surface area contributed by atoms with Crippen LogP contribution in [-0.2, 0) is 9.59 Å². The van der Waals surface area contributed by atoms with Crippen LogP contribution in [-0.4, -0.2) is 16.7 Å². The number of hydrogen-bond donors (Lipinski definition) is 1. The van der Waals surface area contributed by atoms with Gasteiger partial charge in [0.1, 0.15) is 5.75 Å². The summed E-state index contributed by atoms with van der Waals surface area (Å²) in [5, 5.41) is 11.1. The van der Waals surface area contributed by atoms with E-state index in [1.54, 1.807) is 29.7 Å². The van der Waals surface area contributed by atoms with Gasteiger partial charge in [0.25, 0.3) is 0 Å². The molecule has 4 heteroatoms. The minimum Gasteiger partial charge on any atom is -0.507 e. The summed E-state index contributed by atoms with van der Waals surface area (Å²) in [7, 11) is 0. The molecule has 0 aliphatic heterocycles. The Balaban J connectivity index is 2.17. The van der Waals surface area contributed by atoms with Crippen molar-refractivity contribution in [1.29, 1.82) is 0 Å². The van der Waals surface area contributed by atoms with Gasteiger partial charge >= 0.3 is 0 Å². The monoisotopic (exact) mass is 248 g/mol. The zero-order chi connectivity index (χ0) is 12.3. The van der Waals surface area contributed by atoms with Crippen molar-refractivity contribution < 1.29 is 14.7 Å². The second-order valence-electron chi connectivity index (χ2n) is 3.82. The molecule has 3 nitrogen and oxygen atoms in total. The lowest BCUT2D eigenvalue weighted by Gasteiger charge is -2.11. The smallest absolute Gasteiger partial charge is 0.166 e. The van der Waals surface area contributed by atoms with Crippen molar-refractivity contribution in [2.45, 2.75) is 24.2 Å². The van der Waals surface area contributed by atoms with Gasteiger partial charge in [-0.1, -0.05) is 23.9 Å². The molecule has 17 heavy (non-hydrogen) atoms. The van der Waals surface area contributed by atoms with Gasteiger partial charge in [0.15, 0.2) is 11.6 Å². The first-order chi connectivity index (χ1) is 8.18. The minimum absolute atomic E-state index is 0.0934. The Hall–Kier alpha value is -1.55. The maximum atomic E-state index is 11.5. The summed E-state index contributed by atoms with van der Waals surface area (Å²) >= 11 is 1.21. The highest BCUT2D eigenvalue weighted by molar-refractivity contribution is 8.02. The van der Waals surface area contributed by atoms with E-state index in [1.807, 2.05) is 0 Å². The van der Waals surface area contributed by atoms with Crippen LogP contribution in [0, 0.1) is 0 Å². The van der Waals surface area contributed by atoms with Gasteiger partial charge in [-0.2, -0.15) is 0 Å². The number of benzene rings is 1. The van der Waals surface area contributed by atoms with Crippen LogP contribution in [0.15, 0.2) is 40.1 Å². The lowest BCUT2D eigenvalue weighted by atomic mass is 9.94. The molecule has 0 radical (unpaired) electrons. The molecule has 0 spiro atoms. The third kappa shape index (κ3) is 2.77. The standard InChI is InChI=1S/C13H12O3S/c14-10-5-3-6-11(15)9(10)8-17-13-7-2-1-4-12(13)16/h1-2,4,7-8,16H,3,5-6H2. The predicted octanol–water partition coefficient (Wildman–Crippen LogP) is 2.69. The quantitative estimate of drug-likeness (QED) is 0.496. The third-order valence-electron chi connectivity index (χ3n) is 2.58. The molecule has 1 saturated carbocycles. The molecule has 0 aromatic heterocycles. The Morgan fingerprint density at radius 3 is 2.41 bits per heavy atom. The van der Waals surface area contributed by atoms with Gasteiger partial charge in [-0.05, 0) is 24.0 Å². The number of para-hydroxylation sites is 1. The normalized spacial score (nSPS) is 16.1. The topological polar surface area (TPSA) is 54.4 Å². The number of ketones is 2. The first-order valence-corrected chi connectivity index (χ1v) is 6.27. The molecule has 2 rings (SSSR count). The van der Waals surface area contributed by atoms with Gasteiger partial charge in [0.2, 0.25) is 0 Å². The lowest BCUT2D eigenvalue weighted by Crippen LogP contribution is -2.18. The van der Waals surface area contributed by atoms with Crippen LogP contribution in [0.1, 0.15) is 19.3 Å². The first kappa shape index (κ1) is 11.9. The molecule has 1 aromatic carbocycles. The Morgan fingerprint density at radius 2 is 1.76 bits per heavy atom. The zero-order valence-electron chi connectivity index (χ0n) is 9.18. The molecule has 0 heterocycles. The molecule has 1 aliphatic rings. The van der Waals surface area contributed by atoms with E-state index in [1.165, 1.54) is 11.8 Å². The van der Waals surface area contributed by atoms with Crippen molar-refractivity contribution >= 4 is 23.3 Å². The highest BCUT2D eigenvalue weighted by Gasteiger charge is 2.22. The molecule has 0 saturated heterocycles. The van der Waals surface area contributed by atoms with Gasteiger partial charge in [-0.3, -0.25) is 9.59 Å². The van der Waals surface area contributed by atoms with E-state index < -0.39 is 0 Å². The van der Waals surface area contributed by atoms with Crippen LogP contribution in [0.4, 0.5) is 0 Å². The first-order valence-electron chi connectivity index (χ1n) is 5.39. The van der Waals surface area contributed by atoms with Crippen molar-refractivity contribution in [2.24, 2.45) is 0 Å². The molecule has 0 unspecified atom stereocenters. The van der Waals surface area contributed by atoms with E-state index in [0.717, 1.165) is 0 Å². The molecule has 1 aliphatic carbocycles. The van der Waals surface area contributed by atoms with Crippen LogP contribution in [0.3, 0.4) is 0 Å². The van der Waals surface area contributed by atoms with Crippen molar-refractivity contribution in [2.75, 3.05) is 0 Å². The zero-order valence-corrected chi connectivity index (χ0v) is 10.00. The van der Waals surface area contributed by atoms with Crippen LogP contribution in [0.2, 0.25) is 0 Å². The van der Waals surface area contributed by atoms with E-state index in [-0.39, 0.29) is 22.9 Å². The molecule has 1 fully saturated rings. The van der Waals surface area contributed by atoms with E-state index >= 15 is 0 Å². The molecule has 1 N–H and O–H groups in total. The maximum Gasteiger partial charge on any atom is 0.166 e. The summed E-state index contributed by atoms with van der Waals surface area (Å²) in [4.78, 5) is 23.7. The van der Waals surface area contributed by atoms with E-state index in [4.69, 9.17) is 0 Å². The number of carbonyl (C=O) groups is 2. The SMILES string of the molecule is O=C1CCCC(=O)C1=CSc1ccccc1O. The lowest BCUT2D eigenvalue weighted by molar-refractivity contribution is -0.123. The summed E-state index contributed by atoms with van der Waals surface area (Å²) in [6.07, 6.45) is 1.54. The van der Waals surface area contributed by atoms with Gasteiger partial charge in [-0.25, -0.2) is 0 Å². The van der Waals surface area contributed by atoms with Crippen LogP contribution in [0.5, 0.6) is 5.75 Å². The van der Waals surface area contributed by atoms with Gasteiger partial charge in [-0.15, -0.1) is 0 Å². The number of carbonyl (C=O) groups excluding carboxylic acids is 2. The van der Waals surface area contributed by atoms with E-state index in [0.29, 0.717) is 24.2 Å². The average molecular weight is 248 g/mol. The fourth-order valence-electron chi connectivity index (χ4n) is 1.65. The number of thioether (sulfide) groups is 1. The van der Waals surface area contributed by atoms with E-state index in [9.17, 15) is 14.7 Å². The van der Waals surface area contributed by atoms with Crippen molar-refractivity contribution in [3.8, 4) is 5.75 Å². The number of hydrogen-bond acceptors (Lipinski definition) is 4. The Morgan fingerprint density at radius 1 is 1.12 bits per heavy atom. The molecule has 0 amide bonds. The van der Waals surface area contributed by atoms with Gasteiger partial charge in [0, 0.05) is 12.8 Å². The number of allylic oxidation sites excluding steroid dienone is 1. The number of aromatic hydroxyl groups is 1. The van der Waals surface area contributed by atoms with Crippen molar-refractivity contribution in [3.63, 3.8) is 0 Å². The maximum absolute atomic E-state index is 11.5. The molecule has 0 bridgehead atoms. The number of phenols is 1. The number of phenolic OH excluding ortho intramolecular Hbond substituents is 1. The predicted molar refractivity (Wildman–Crippen MR) is 65.9 cm³/mol. The summed E-state index contributed by atoms with van der Waals surface area (Å²) in [5.74, 6) is -0.0293. The highest BCUT2D eigenvalue weighted by atomic mass is 32.2. The summed E-state index contributed by atoms with van der Waals surface area (Å²) < 4.78 is 0. The second-order valence-corrected chi connectivity index (χ2v) is 4.73. The van der Waals surface area contributed by atoms with Crippen LogP contribution < -0.4 is 0 Å². The summed E-state index contributed by atoms with van der Waals surface area (Å²) in [6.45, 7) is 0. The van der Waals surface area contributed by atoms with Crippen LogP contribution in [0.25, 0.3) is 0 Å². The average Bonchev–Trinajstić information content (AvgIpc) is 2.30. The second kappa shape index (κ2) is 5.19.